The molecule has 2 aromatic rings. The first kappa shape index (κ1) is 12.5. The summed E-state index contributed by atoms with van der Waals surface area (Å²) in [5, 5.41) is 3.35. The number of anilines is 2. The van der Waals surface area contributed by atoms with Crippen LogP contribution in [-0.2, 0) is 5.75 Å². The van der Waals surface area contributed by atoms with Gasteiger partial charge in [0.05, 0.1) is 5.69 Å². The number of halogens is 1. The van der Waals surface area contributed by atoms with Crippen molar-refractivity contribution in [2.75, 3.05) is 5.32 Å². The molecule has 1 heterocycles. The van der Waals surface area contributed by atoms with Gasteiger partial charge in [-0.3, -0.25) is 0 Å². The Bertz CT molecular complexity index is 622. The minimum absolute atomic E-state index is 0.196. The number of fused-ring (bicyclic) bond motifs is 2. The maximum atomic E-state index is 13.3. The molecule has 0 radical (unpaired) electrons. The maximum absolute atomic E-state index is 13.3. The monoisotopic (exact) mass is 273 g/mol. The number of rotatable bonds is 1. The summed E-state index contributed by atoms with van der Waals surface area (Å²) in [5.74, 6) is 1.20. The van der Waals surface area contributed by atoms with Gasteiger partial charge in [-0.1, -0.05) is 26.0 Å². The molecule has 1 aliphatic heterocycles. The van der Waals surface area contributed by atoms with Crippen LogP contribution in [0.15, 0.2) is 41.3 Å². The molecule has 19 heavy (non-hydrogen) atoms. The van der Waals surface area contributed by atoms with Gasteiger partial charge in [-0.25, -0.2) is 4.39 Å². The molecule has 0 saturated heterocycles. The van der Waals surface area contributed by atoms with E-state index in [2.05, 4.69) is 37.4 Å². The highest BCUT2D eigenvalue weighted by Crippen LogP contribution is 2.39. The van der Waals surface area contributed by atoms with Crippen LogP contribution in [0.4, 0.5) is 15.8 Å². The molecule has 0 atom stereocenters. The molecule has 1 N–H and O–H groups in total. The van der Waals surface area contributed by atoms with Gasteiger partial charge in [0.2, 0.25) is 0 Å². The van der Waals surface area contributed by atoms with Crippen molar-refractivity contribution >= 4 is 23.1 Å². The highest BCUT2D eigenvalue weighted by atomic mass is 32.2. The zero-order valence-corrected chi connectivity index (χ0v) is 11.9. The molecule has 0 fully saturated rings. The largest absolute Gasteiger partial charge is 0.354 e. The first-order chi connectivity index (χ1) is 9.13. The van der Waals surface area contributed by atoms with E-state index in [-0.39, 0.29) is 5.82 Å². The normalized spacial score (nSPS) is 13.5. The van der Waals surface area contributed by atoms with Gasteiger partial charge in [-0.2, -0.15) is 0 Å². The Morgan fingerprint density at radius 1 is 1.11 bits per heavy atom. The molecule has 1 aliphatic rings. The molecule has 0 aliphatic carbocycles. The Morgan fingerprint density at radius 2 is 1.95 bits per heavy atom. The van der Waals surface area contributed by atoms with Crippen molar-refractivity contribution in [3.8, 4) is 0 Å². The zero-order chi connectivity index (χ0) is 13.4. The molecule has 0 unspecified atom stereocenters. The van der Waals surface area contributed by atoms with E-state index in [1.54, 1.807) is 17.8 Å². The molecule has 3 heteroatoms. The van der Waals surface area contributed by atoms with E-state index >= 15 is 0 Å². The minimum atomic E-state index is -0.196. The van der Waals surface area contributed by atoms with Crippen molar-refractivity contribution < 1.29 is 4.39 Å². The SMILES string of the molecule is CC(C)c1ccc2c(c1)SCc1ccc(F)cc1N2. The third-order valence-corrected chi connectivity index (χ3v) is 4.50. The first-order valence-electron chi connectivity index (χ1n) is 6.45. The number of nitrogens with one attached hydrogen (secondary N) is 1. The van der Waals surface area contributed by atoms with Crippen molar-refractivity contribution in [1.82, 2.24) is 0 Å². The summed E-state index contributed by atoms with van der Waals surface area (Å²) in [7, 11) is 0. The van der Waals surface area contributed by atoms with Crippen LogP contribution in [0.5, 0.6) is 0 Å². The van der Waals surface area contributed by atoms with E-state index < -0.39 is 0 Å². The van der Waals surface area contributed by atoms with Crippen LogP contribution in [0.1, 0.15) is 30.9 Å². The first-order valence-corrected chi connectivity index (χ1v) is 7.44. The Morgan fingerprint density at radius 3 is 2.74 bits per heavy atom. The van der Waals surface area contributed by atoms with Gasteiger partial charge in [0.25, 0.3) is 0 Å². The van der Waals surface area contributed by atoms with Gasteiger partial charge in [0, 0.05) is 16.3 Å². The highest BCUT2D eigenvalue weighted by molar-refractivity contribution is 7.98. The second kappa shape index (κ2) is 4.89. The Hall–Kier alpha value is -1.48. The van der Waals surface area contributed by atoms with Crippen molar-refractivity contribution in [1.29, 1.82) is 0 Å². The zero-order valence-electron chi connectivity index (χ0n) is 11.0. The number of benzene rings is 2. The van der Waals surface area contributed by atoms with Gasteiger partial charge in [0.1, 0.15) is 5.82 Å². The summed E-state index contributed by atoms with van der Waals surface area (Å²) in [6.45, 7) is 4.39. The number of hydrogen-bond acceptors (Lipinski definition) is 2. The third kappa shape index (κ3) is 2.47. The quantitative estimate of drug-likeness (QED) is 0.756. The lowest BCUT2D eigenvalue weighted by molar-refractivity contribution is 0.628. The van der Waals surface area contributed by atoms with E-state index in [1.165, 1.54) is 16.5 Å². The van der Waals surface area contributed by atoms with Crippen LogP contribution in [0, 0.1) is 5.82 Å². The van der Waals surface area contributed by atoms with Gasteiger partial charge in [-0.05, 0) is 41.3 Å². The fourth-order valence-corrected chi connectivity index (χ4v) is 3.27. The van der Waals surface area contributed by atoms with Crippen LogP contribution in [-0.4, -0.2) is 0 Å². The molecule has 2 aromatic carbocycles. The van der Waals surface area contributed by atoms with Crippen LogP contribution in [0.25, 0.3) is 0 Å². The summed E-state index contributed by atoms with van der Waals surface area (Å²) >= 11 is 1.80. The average Bonchev–Trinajstić information content (AvgIpc) is 2.56. The fourth-order valence-electron chi connectivity index (χ4n) is 2.21. The molecule has 0 amide bonds. The van der Waals surface area contributed by atoms with E-state index in [0.29, 0.717) is 5.92 Å². The standard InChI is InChI=1S/C16H16FNS/c1-10(2)11-4-6-14-16(7-11)19-9-12-3-5-13(17)8-15(12)18-14/h3-8,10,18H,9H2,1-2H3. The molecule has 0 spiro atoms. The lowest BCUT2D eigenvalue weighted by Gasteiger charge is -2.12. The van der Waals surface area contributed by atoms with E-state index in [1.807, 2.05) is 6.07 Å². The van der Waals surface area contributed by atoms with Crippen LogP contribution >= 0.6 is 11.8 Å². The van der Waals surface area contributed by atoms with Crippen LogP contribution in [0.3, 0.4) is 0 Å². The lowest BCUT2D eigenvalue weighted by atomic mass is 10.0. The Balaban J connectivity index is 2.02. The molecule has 98 valence electrons. The van der Waals surface area contributed by atoms with E-state index in [4.69, 9.17) is 0 Å². The van der Waals surface area contributed by atoms with Crippen molar-refractivity contribution in [2.45, 2.75) is 30.4 Å². The van der Waals surface area contributed by atoms with E-state index in [9.17, 15) is 4.39 Å². The summed E-state index contributed by atoms with van der Waals surface area (Å²) in [6, 6.07) is 11.4. The van der Waals surface area contributed by atoms with Crippen molar-refractivity contribution in [3.05, 3.63) is 53.3 Å². The topological polar surface area (TPSA) is 12.0 Å². The average molecular weight is 273 g/mol. The summed E-state index contributed by atoms with van der Waals surface area (Å²) in [4.78, 5) is 1.24. The van der Waals surface area contributed by atoms with Crippen LogP contribution in [0.2, 0.25) is 0 Å². The molecular weight excluding hydrogens is 257 g/mol. The maximum Gasteiger partial charge on any atom is 0.125 e. The molecule has 0 aromatic heterocycles. The molecule has 0 saturated carbocycles. The van der Waals surface area contributed by atoms with Crippen molar-refractivity contribution in [3.63, 3.8) is 0 Å². The number of hydrogen-bond donors (Lipinski definition) is 1. The Labute approximate surface area is 117 Å². The smallest absolute Gasteiger partial charge is 0.125 e. The van der Waals surface area contributed by atoms with Crippen molar-refractivity contribution in [2.24, 2.45) is 0 Å². The van der Waals surface area contributed by atoms with Gasteiger partial charge in [-0.15, -0.1) is 11.8 Å². The third-order valence-electron chi connectivity index (χ3n) is 3.40. The Kier molecular flexibility index (Phi) is 3.23. The van der Waals surface area contributed by atoms with Gasteiger partial charge >= 0.3 is 0 Å². The second-order valence-corrected chi connectivity index (χ2v) is 6.14. The van der Waals surface area contributed by atoms with Gasteiger partial charge in [0.15, 0.2) is 0 Å². The summed E-state index contributed by atoms with van der Waals surface area (Å²) in [5.41, 5.74) is 4.43. The fraction of sp³-hybridized carbons (Fsp3) is 0.250. The summed E-state index contributed by atoms with van der Waals surface area (Å²) < 4.78 is 13.3. The molecule has 3 rings (SSSR count). The second-order valence-electron chi connectivity index (χ2n) is 5.13. The molecular formula is C16H16FNS. The van der Waals surface area contributed by atoms with E-state index in [0.717, 1.165) is 22.7 Å². The predicted octanol–water partition coefficient (Wildman–Crippen LogP) is 5.30. The lowest BCUT2D eigenvalue weighted by Crippen LogP contribution is -1.95. The minimum Gasteiger partial charge on any atom is -0.354 e. The summed E-state index contributed by atoms with van der Waals surface area (Å²) in [6.07, 6.45) is 0. The molecule has 0 bridgehead atoms. The van der Waals surface area contributed by atoms with Gasteiger partial charge < -0.3 is 5.32 Å². The van der Waals surface area contributed by atoms with Crippen LogP contribution < -0.4 is 5.32 Å². The highest BCUT2D eigenvalue weighted by Gasteiger charge is 2.14. The molecule has 1 nitrogen and oxygen atoms in total. The number of thioether (sulfide) groups is 1. The predicted molar refractivity (Wildman–Crippen MR) is 79.8 cm³/mol.